The Hall–Kier alpha value is -4.17. The van der Waals surface area contributed by atoms with E-state index < -0.39 is 0 Å². The first kappa shape index (κ1) is 22.6. The lowest BCUT2D eigenvalue weighted by Gasteiger charge is -2.16. The summed E-state index contributed by atoms with van der Waals surface area (Å²) in [5, 5.41) is 12.3. The number of amides is 2. The van der Waals surface area contributed by atoms with Crippen LogP contribution in [0.4, 0.5) is 15.2 Å². The van der Waals surface area contributed by atoms with Crippen LogP contribution in [0.25, 0.3) is 11.6 Å². The zero-order chi connectivity index (χ0) is 24.2. The third-order valence-corrected chi connectivity index (χ3v) is 6.71. The SMILES string of the molecule is O=C(Nc1nnc(C2CC(=O)N(c3ccc(F)cc3)C2)s1)/C(=C/c1ccccc1)c1ccccc1. The third-order valence-electron chi connectivity index (χ3n) is 5.71. The van der Waals surface area contributed by atoms with Crippen molar-refractivity contribution in [2.45, 2.75) is 12.3 Å². The smallest absolute Gasteiger partial charge is 0.258 e. The Morgan fingerprint density at radius 3 is 2.37 bits per heavy atom. The standard InChI is InChI=1S/C27H21FN4O2S/c28-21-11-13-22(14-12-21)32-17-20(16-24(32)33)26-30-31-27(35-26)29-25(34)23(19-9-5-2-6-10-19)15-18-7-3-1-4-8-18/h1-15,20H,16-17H2,(H,29,31,34)/b23-15+. The number of carbonyl (C=O) groups excluding carboxylic acids is 2. The molecule has 6 nitrogen and oxygen atoms in total. The van der Waals surface area contributed by atoms with E-state index in [1.807, 2.05) is 66.7 Å². The van der Waals surface area contributed by atoms with Crippen LogP contribution in [0.2, 0.25) is 0 Å². The average molecular weight is 485 g/mol. The van der Waals surface area contributed by atoms with E-state index in [1.54, 1.807) is 17.0 Å². The van der Waals surface area contributed by atoms with Gasteiger partial charge in [-0.3, -0.25) is 14.9 Å². The van der Waals surface area contributed by atoms with E-state index >= 15 is 0 Å². The van der Waals surface area contributed by atoms with Crippen molar-refractivity contribution in [2.75, 3.05) is 16.8 Å². The molecule has 1 aliphatic heterocycles. The Morgan fingerprint density at radius 2 is 1.66 bits per heavy atom. The molecule has 2 amide bonds. The van der Waals surface area contributed by atoms with E-state index in [-0.39, 0.29) is 30.0 Å². The molecule has 3 aromatic carbocycles. The van der Waals surface area contributed by atoms with Crippen molar-refractivity contribution in [3.8, 4) is 0 Å². The van der Waals surface area contributed by atoms with Gasteiger partial charge in [0.25, 0.3) is 5.91 Å². The van der Waals surface area contributed by atoms with Gasteiger partial charge < -0.3 is 4.90 Å². The van der Waals surface area contributed by atoms with E-state index in [0.29, 0.717) is 27.9 Å². The highest BCUT2D eigenvalue weighted by Gasteiger charge is 2.34. The first-order valence-electron chi connectivity index (χ1n) is 11.1. The van der Waals surface area contributed by atoms with Gasteiger partial charge in [0.05, 0.1) is 0 Å². The Kier molecular flexibility index (Phi) is 6.45. The summed E-state index contributed by atoms with van der Waals surface area (Å²) < 4.78 is 13.2. The highest BCUT2D eigenvalue weighted by molar-refractivity contribution is 7.15. The number of hydrogen-bond donors (Lipinski definition) is 1. The van der Waals surface area contributed by atoms with Crippen molar-refractivity contribution in [1.82, 2.24) is 10.2 Å². The summed E-state index contributed by atoms with van der Waals surface area (Å²) in [4.78, 5) is 27.4. The minimum absolute atomic E-state index is 0.0560. The molecule has 0 saturated carbocycles. The number of nitrogens with one attached hydrogen (secondary N) is 1. The number of benzene rings is 3. The number of nitrogens with zero attached hydrogens (tertiary/aromatic N) is 3. The summed E-state index contributed by atoms with van der Waals surface area (Å²) in [6.07, 6.45) is 2.12. The Morgan fingerprint density at radius 1 is 0.971 bits per heavy atom. The number of aromatic nitrogens is 2. The average Bonchev–Trinajstić information content (AvgIpc) is 3.50. The van der Waals surface area contributed by atoms with Crippen LogP contribution in [0.1, 0.15) is 28.5 Å². The molecule has 1 unspecified atom stereocenters. The maximum absolute atomic E-state index is 13.2. The van der Waals surface area contributed by atoms with Crippen LogP contribution in [0.3, 0.4) is 0 Å². The summed E-state index contributed by atoms with van der Waals surface area (Å²) >= 11 is 1.26. The highest BCUT2D eigenvalue weighted by atomic mass is 32.1. The fourth-order valence-corrected chi connectivity index (χ4v) is 4.80. The van der Waals surface area contributed by atoms with Crippen LogP contribution in [0.15, 0.2) is 84.9 Å². The van der Waals surface area contributed by atoms with Crippen molar-refractivity contribution in [1.29, 1.82) is 0 Å². The second-order valence-corrected chi connectivity index (χ2v) is 9.13. The molecule has 1 fully saturated rings. The molecule has 0 spiro atoms. The van der Waals surface area contributed by atoms with Crippen molar-refractivity contribution in [3.63, 3.8) is 0 Å². The largest absolute Gasteiger partial charge is 0.312 e. The molecule has 2 heterocycles. The van der Waals surface area contributed by atoms with E-state index in [9.17, 15) is 14.0 Å². The Bertz CT molecular complexity index is 1370. The van der Waals surface area contributed by atoms with E-state index in [0.717, 1.165) is 11.1 Å². The predicted octanol–water partition coefficient (Wildman–Crippen LogP) is 5.38. The Balaban J connectivity index is 1.33. The van der Waals surface area contributed by atoms with Crippen molar-refractivity contribution < 1.29 is 14.0 Å². The molecule has 35 heavy (non-hydrogen) atoms. The minimum atomic E-state index is -0.349. The lowest BCUT2D eigenvalue weighted by atomic mass is 10.0. The molecule has 1 N–H and O–H groups in total. The number of carbonyl (C=O) groups is 2. The maximum Gasteiger partial charge on any atom is 0.258 e. The minimum Gasteiger partial charge on any atom is -0.312 e. The molecule has 5 rings (SSSR count). The van der Waals surface area contributed by atoms with Crippen LogP contribution in [0.5, 0.6) is 0 Å². The van der Waals surface area contributed by atoms with E-state index in [2.05, 4.69) is 15.5 Å². The first-order chi connectivity index (χ1) is 17.1. The second-order valence-electron chi connectivity index (χ2n) is 8.12. The van der Waals surface area contributed by atoms with Gasteiger partial charge in [-0.1, -0.05) is 72.0 Å². The summed E-state index contributed by atoms with van der Waals surface area (Å²) in [7, 11) is 0. The second kappa shape index (κ2) is 9.99. The van der Waals surface area contributed by atoms with Gasteiger partial charge >= 0.3 is 0 Å². The summed E-state index contributed by atoms with van der Waals surface area (Å²) in [5.74, 6) is -0.848. The molecular weight excluding hydrogens is 463 g/mol. The molecule has 0 aliphatic carbocycles. The van der Waals surface area contributed by atoms with Crippen molar-refractivity contribution in [3.05, 3.63) is 107 Å². The monoisotopic (exact) mass is 484 g/mol. The predicted molar refractivity (Wildman–Crippen MR) is 135 cm³/mol. The van der Waals surface area contributed by atoms with Crippen molar-refractivity contribution in [2.24, 2.45) is 0 Å². The number of hydrogen-bond acceptors (Lipinski definition) is 5. The maximum atomic E-state index is 13.2. The number of anilines is 2. The van der Waals surface area contributed by atoms with Crippen LogP contribution in [-0.4, -0.2) is 28.6 Å². The molecule has 1 saturated heterocycles. The van der Waals surface area contributed by atoms with E-state index in [4.69, 9.17) is 0 Å². The zero-order valence-electron chi connectivity index (χ0n) is 18.6. The third kappa shape index (κ3) is 5.17. The lowest BCUT2D eigenvalue weighted by Crippen LogP contribution is -2.24. The van der Waals surface area contributed by atoms with Crippen LogP contribution in [0, 0.1) is 5.82 Å². The molecule has 0 radical (unpaired) electrons. The molecule has 1 atom stereocenters. The van der Waals surface area contributed by atoms with Gasteiger partial charge in [0, 0.05) is 30.1 Å². The molecule has 8 heteroatoms. The molecular formula is C27H21FN4O2S. The molecule has 0 bridgehead atoms. The normalized spacial score (nSPS) is 15.9. The summed E-state index contributed by atoms with van der Waals surface area (Å²) in [6.45, 7) is 0.427. The van der Waals surface area contributed by atoms with Gasteiger partial charge in [0.15, 0.2) is 0 Å². The van der Waals surface area contributed by atoms with Gasteiger partial charge in [-0.2, -0.15) is 0 Å². The molecule has 1 aliphatic rings. The molecule has 174 valence electrons. The quantitative estimate of drug-likeness (QED) is 0.295. The van der Waals surface area contributed by atoms with Gasteiger partial charge in [-0.25, -0.2) is 4.39 Å². The first-order valence-corrected chi connectivity index (χ1v) is 11.9. The lowest BCUT2D eigenvalue weighted by molar-refractivity contribution is -0.117. The number of halogens is 1. The zero-order valence-corrected chi connectivity index (χ0v) is 19.4. The molecule has 1 aromatic heterocycles. The summed E-state index contributed by atoms with van der Waals surface area (Å²) in [5.41, 5.74) is 2.85. The van der Waals surface area contributed by atoms with Gasteiger partial charge in [-0.15, -0.1) is 10.2 Å². The highest BCUT2D eigenvalue weighted by Crippen LogP contribution is 2.34. The van der Waals surface area contributed by atoms with Gasteiger partial charge in [-0.05, 0) is 41.5 Å². The summed E-state index contributed by atoms with van der Waals surface area (Å²) in [6, 6.07) is 24.9. The van der Waals surface area contributed by atoms with Gasteiger partial charge in [0.1, 0.15) is 10.8 Å². The number of rotatable bonds is 6. The van der Waals surface area contributed by atoms with Crippen LogP contribution in [-0.2, 0) is 9.59 Å². The Labute approximate surface area is 205 Å². The van der Waals surface area contributed by atoms with Crippen LogP contribution >= 0.6 is 11.3 Å². The fourth-order valence-electron chi connectivity index (χ4n) is 3.97. The van der Waals surface area contributed by atoms with E-state index in [1.165, 1.54) is 23.5 Å². The topological polar surface area (TPSA) is 75.2 Å². The fraction of sp³-hybridized carbons (Fsp3) is 0.111. The van der Waals surface area contributed by atoms with Gasteiger partial charge in [0.2, 0.25) is 11.0 Å². The van der Waals surface area contributed by atoms with Crippen molar-refractivity contribution >= 4 is 45.6 Å². The molecule has 4 aromatic rings. The van der Waals surface area contributed by atoms with Crippen LogP contribution < -0.4 is 10.2 Å².